The molecule has 0 spiro atoms. The summed E-state index contributed by atoms with van der Waals surface area (Å²) in [4.78, 5) is 9.32. The molecule has 0 aliphatic carbocycles. The van der Waals surface area contributed by atoms with Crippen molar-refractivity contribution in [3.05, 3.63) is 24.8 Å². The second kappa shape index (κ2) is 6.81. The molecule has 0 saturated heterocycles. The van der Waals surface area contributed by atoms with E-state index in [1.165, 1.54) is 6.33 Å². The maximum Gasteiger partial charge on any atom is 0.115 e. The molecule has 1 aromatic rings. The maximum atomic E-state index is 3.67. The van der Waals surface area contributed by atoms with Crippen molar-refractivity contribution in [2.75, 3.05) is 4.93 Å². The number of hydrogen-bond acceptors (Lipinski definition) is 2. The Morgan fingerprint density at radius 3 is 1.75 bits per heavy atom. The van der Waals surface area contributed by atoms with Crippen LogP contribution in [0.15, 0.2) is 24.8 Å². The van der Waals surface area contributed by atoms with Gasteiger partial charge in [-0.05, 0) is 11.0 Å². The van der Waals surface area contributed by atoms with Crippen LogP contribution in [0.5, 0.6) is 0 Å². The summed E-state index contributed by atoms with van der Waals surface area (Å²) in [7, 11) is 0. The van der Waals surface area contributed by atoms with Crippen molar-refractivity contribution >= 4 is 22.6 Å². The molecule has 0 atom stereocenters. The van der Waals surface area contributed by atoms with Crippen LogP contribution in [0.2, 0.25) is 0 Å². The van der Waals surface area contributed by atoms with Crippen LogP contribution in [0.3, 0.4) is 0 Å². The van der Waals surface area contributed by atoms with Crippen molar-refractivity contribution < 1.29 is 0 Å². The third-order valence-electron chi connectivity index (χ3n) is 0.478. The van der Waals surface area contributed by atoms with Gasteiger partial charge in [-0.25, -0.2) is 9.97 Å². The average Bonchev–Trinajstić information content (AvgIpc) is 1.96. The van der Waals surface area contributed by atoms with Crippen LogP contribution in [0, 0.1) is 0 Å². The Balaban J connectivity index is 0.000000222. The summed E-state index contributed by atoms with van der Waals surface area (Å²) < 4.78 is 0. The molecule has 0 radical (unpaired) electrons. The lowest BCUT2D eigenvalue weighted by Crippen LogP contribution is -1.66. The van der Waals surface area contributed by atoms with E-state index in [1.807, 2.05) is 4.93 Å². The van der Waals surface area contributed by atoms with Crippen molar-refractivity contribution in [3.63, 3.8) is 0 Å². The highest BCUT2D eigenvalue weighted by Gasteiger charge is 1.59. The Hall–Kier alpha value is -0.190. The summed E-state index contributed by atoms with van der Waals surface area (Å²) in [6.07, 6.45) is 4.88. The van der Waals surface area contributed by atoms with Gasteiger partial charge in [0.15, 0.2) is 0 Å². The number of hydrogen-bond donors (Lipinski definition) is 0. The topological polar surface area (TPSA) is 25.8 Å². The van der Waals surface area contributed by atoms with Gasteiger partial charge >= 0.3 is 0 Å². The molecule has 1 aromatic heterocycles. The Labute approximate surface area is 62.5 Å². The van der Waals surface area contributed by atoms with Gasteiger partial charge in [-0.2, -0.15) is 0 Å². The molecule has 0 aromatic carbocycles. The zero-order valence-corrected chi connectivity index (χ0v) is 6.74. The summed E-state index contributed by atoms with van der Waals surface area (Å²) in [5.74, 6) is 0. The summed E-state index contributed by atoms with van der Waals surface area (Å²) in [5, 5.41) is 0. The first-order valence-corrected chi connectivity index (χ1v) is 4.23. The normalized spacial score (nSPS) is 6.75. The van der Waals surface area contributed by atoms with E-state index in [2.05, 4.69) is 32.6 Å². The highest BCUT2D eigenvalue weighted by Crippen LogP contribution is 1.66. The van der Waals surface area contributed by atoms with E-state index >= 15 is 0 Å². The van der Waals surface area contributed by atoms with E-state index < -0.39 is 0 Å². The quantitative estimate of drug-likeness (QED) is 0.491. The number of aromatic nitrogens is 2. The average molecular weight is 222 g/mol. The SMILES string of the molecule is CI.c1cncnc1. The van der Waals surface area contributed by atoms with E-state index in [9.17, 15) is 0 Å². The van der Waals surface area contributed by atoms with Crippen molar-refractivity contribution in [2.45, 2.75) is 0 Å². The maximum absolute atomic E-state index is 3.67. The first kappa shape index (κ1) is 7.81. The van der Waals surface area contributed by atoms with Gasteiger partial charge in [0.2, 0.25) is 0 Å². The second-order valence-corrected chi connectivity index (χ2v) is 0.904. The monoisotopic (exact) mass is 222 g/mol. The molecule has 0 aliphatic heterocycles. The molecule has 44 valence electrons. The molecule has 0 fully saturated rings. The third kappa shape index (κ3) is 3.98. The van der Waals surface area contributed by atoms with E-state index in [-0.39, 0.29) is 0 Å². The van der Waals surface area contributed by atoms with Gasteiger partial charge in [-0.3, -0.25) is 0 Å². The van der Waals surface area contributed by atoms with Gasteiger partial charge in [0.25, 0.3) is 0 Å². The molecule has 0 amide bonds. The lowest BCUT2D eigenvalue weighted by molar-refractivity contribution is 1.17. The molecule has 1 rings (SSSR count). The molecular formula is C5H7IN2. The number of alkyl halides is 1. The molecule has 0 aliphatic rings. The van der Waals surface area contributed by atoms with Crippen molar-refractivity contribution in [1.29, 1.82) is 0 Å². The molecule has 3 heteroatoms. The molecule has 8 heavy (non-hydrogen) atoms. The minimum absolute atomic E-state index is 1.50. The van der Waals surface area contributed by atoms with Crippen LogP contribution in [-0.2, 0) is 0 Å². The van der Waals surface area contributed by atoms with Gasteiger partial charge in [0.1, 0.15) is 6.33 Å². The van der Waals surface area contributed by atoms with Crippen molar-refractivity contribution in [3.8, 4) is 0 Å². The minimum atomic E-state index is 1.50. The number of rotatable bonds is 0. The second-order valence-electron chi connectivity index (χ2n) is 0.904. The number of halogens is 1. The van der Waals surface area contributed by atoms with Crippen LogP contribution in [-0.4, -0.2) is 14.9 Å². The molecule has 0 bridgehead atoms. The fourth-order valence-corrected chi connectivity index (χ4v) is 0.253. The summed E-state index contributed by atoms with van der Waals surface area (Å²) >= 11 is 2.15. The summed E-state index contributed by atoms with van der Waals surface area (Å²) in [5.41, 5.74) is 0. The van der Waals surface area contributed by atoms with Gasteiger partial charge in [0.05, 0.1) is 0 Å². The largest absolute Gasteiger partial charge is 0.245 e. The molecule has 0 N–H and O–H groups in total. The fraction of sp³-hybridized carbons (Fsp3) is 0.200. The molecule has 1 heterocycles. The fourth-order valence-electron chi connectivity index (χ4n) is 0.253. The van der Waals surface area contributed by atoms with E-state index in [0.717, 1.165) is 0 Å². The zero-order valence-electron chi connectivity index (χ0n) is 4.58. The van der Waals surface area contributed by atoms with E-state index in [4.69, 9.17) is 0 Å². The van der Waals surface area contributed by atoms with Crippen molar-refractivity contribution in [1.82, 2.24) is 9.97 Å². The highest BCUT2D eigenvalue weighted by atomic mass is 127. The first-order valence-electron chi connectivity index (χ1n) is 2.08. The van der Waals surface area contributed by atoms with Crippen molar-refractivity contribution in [2.24, 2.45) is 0 Å². The lowest BCUT2D eigenvalue weighted by Gasteiger charge is -1.70. The minimum Gasteiger partial charge on any atom is -0.245 e. The van der Waals surface area contributed by atoms with Crippen LogP contribution in [0.25, 0.3) is 0 Å². The third-order valence-corrected chi connectivity index (χ3v) is 0.478. The Morgan fingerprint density at radius 2 is 1.62 bits per heavy atom. The van der Waals surface area contributed by atoms with Crippen LogP contribution < -0.4 is 0 Å². The van der Waals surface area contributed by atoms with Gasteiger partial charge in [0, 0.05) is 12.4 Å². The Kier molecular flexibility index (Phi) is 6.65. The van der Waals surface area contributed by atoms with Crippen LogP contribution >= 0.6 is 22.6 Å². The van der Waals surface area contributed by atoms with E-state index in [0.29, 0.717) is 0 Å². The predicted octanol–water partition coefficient (Wildman–Crippen LogP) is 1.53. The van der Waals surface area contributed by atoms with Gasteiger partial charge in [-0.15, -0.1) is 0 Å². The predicted molar refractivity (Wildman–Crippen MR) is 42.0 cm³/mol. The van der Waals surface area contributed by atoms with Crippen LogP contribution in [0.1, 0.15) is 0 Å². The summed E-state index contributed by atoms with van der Waals surface area (Å²) in [6, 6.07) is 1.78. The Bertz CT molecular complexity index is 82.4. The van der Waals surface area contributed by atoms with E-state index in [1.54, 1.807) is 18.5 Å². The smallest absolute Gasteiger partial charge is 0.115 e. The van der Waals surface area contributed by atoms with Gasteiger partial charge in [-0.1, -0.05) is 22.6 Å². The molecule has 2 nitrogen and oxygen atoms in total. The molecule has 0 unspecified atom stereocenters. The lowest BCUT2D eigenvalue weighted by atomic mass is 10.7. The number of nitrogens with zero attached hydrogens (tertiary/aromatic N) is 2. The molecule has 0 saturated carbocycles. The standard InChI is InChI=1S/C4H4N2.CH3I/c1-2-5-4-6-3-1;1-2/h1-4H;1H3. The summed E-state index contributed by atoms with van der Waals surface area (Å²) in [6.45, 7) is 0. The Morgan fingerprint density at radius 1 is 1.12 bits per heavy atom. The van der Waals surface area contributed by atoms with Gasteiger partial charge < -0.3 is 0 Å². The molecular weight excluding hydrogens is 215 g/mol. The van der Waals surface area contributed by atoms with Crippen LogP contribution in [0.4, 0.5) is 0 Å². The zero-order chi connectivity index (χ0) is 6.24. The highest BCUT2D eigenvalue weighted by molar-refractivity contribution is 14.1. The first-order chi connectivity index (χ1) is 4.00.